The van der Waals surface area contributed by atoms with E-state index in [0.717, 1.165) is 22.2 Å². The van der Waals surface area contributed by atoms with E-state index in [1.807, 2.05) is 0 Å². The number of benzene rings is 2. The van der Waals surface area contributed by atoms with Crippen LogP contribution < -0.4 is 5.32 Å². The Labute approximate surface area is 171 Å². The molecule has 3 amide bonds. The van der Waals surface area contributed by atoms with Crippen LogP contribution >= 0.6 is 11.8 Å². The van der Waals surface area contributed by atoms with Gasteiger partial charge in [-0.15, -0.1) is 0 Å². The lowest BCUT2D eigenvalue weighted by molar-refractivity contribution is -0.124. The van der Waals surface area contributed by atoms with Gasteiger partial charge in [-0.2, -0.15) is 0 Å². The summed E-state index contributed by atoms with van der Waals surface area (Å²) < 4.78 is 13.8. The van der Waals surface area contributed by atoms with Crippen LogP contribution in [-0.2, 0) is 16.0 Å². The molecule has 1 saturated heterocycles. The highest BCUT2D eigenvalue weighted by molar-refractivity contribution is 8.18. The van der Waals surface area contributed by atoms with Gasteiger partial charge in [-0.1, -0.05) is 30.3 Å². The van der Waals surface area contributed by atoms with E-state index in [-0.39, 0.29) is 35.1 Å². The number of nitrogens with zero attached hydrogens (tertiary/aromatic N) is 1. The first-order valence-corrected chi connectivity index (χ1v) is 9.80. The number of imide groups is 1. The number of thioether (sulfide) groups is 1. The normalized spacial score (nSPS) is 15.2. The van der Waals surface area contributed by atoms with Gasteiger partial charge in [-0.3, -0.25) is 19.3 Å². The summed E-state index contributed by atoms with van der Waals surface area (Å²) in [6.45, 7) is 0.364. The number of carbonyl (C=O) groups excluding carboxylic acids is 3. The van der Waals surface area contributed by atoms with Crippen molar-refractivity contribution >= 4 is 34.9 Å². The van der Waals surface area contributed by atoms with Gasteiger partial charge in [0.15, 0.2) is 0 Å². The summed E-state index contributed by atoms with van der Waals surface area (Å²) in [4.78, 5) is 37.6. The Morgan fingerprint density at radius 1 is 1.14 bits per heavy atom. The van der Waals surface area contributed by atoms with Gasteiger partial charge in [0.2, 0.25) is 5.91 Å². The fourth-order valence-corrected chi connectivity index (χ4v) is 3.59. The Morgan fingerprint density at radius 2 is 1.86 bits per heavy atom. The molecule has 0 bridgehead atoms. The van der Waals surface area contributed by atoms with Crippen molar-refractivity contribution in [2.75, 3.05) is 13.1 Å². The highest BCUT2D eigenvalue weighted by Crippen LogP contribution is 2.32. The van der Waals surface area contributed by atoms with Crippen LogP contribution in [0.15, 0.2) is 53.4 Å². The van der Waals surface area contributed by atoms with Gasteiger partial charge in [0.05, 0.1) is 4.91 Å². The molecule has 2 N–H and O–H groups in total. The monoisotopic (exact) mass is 414 g/mol. The van der Waals surface area contributed by atoms with Crippen LogP contribution in [0.1, 0.15) is 17.5 Å². The number of rotatable bonds is 7. The van der Waals surface area contributed by atoms with E-state index >= 15 is 0 Å². The van der Waals surface area contributed by atoms with Crippen LogP contribution in [-0.4, -0.2) is 40.1 Å². The van der Waals surface area contributed by atoms with Crippen LogP contribution in [0, 0.1) is 5.82 Å². The number of amides is 3. The zero-order valence-electron chi connectivity index (χ0n) is 15.4. The van der Waals surface area contributed by atoms with E-state index in [1.165, 1.54) is 18.2 Å². The Kier molecular flexibility index (Phi) is 6.66. The number of halogens is 1. The molecule has 1 aliphatic rings. The summed E-state index contributed by atoms with van der Waals surface area (Å²) in [5, 5.41) is 11.5. The quantitative estimate of drug-likeness (QED) is 0.679. The largest absolute Gasteiger partial charge is 0.508 e. The molecule has 1 fully saturated rings. The minimum Gasteiger partial charge on any atom is -0.508 e. The molecular formula is C21H19FN2O4S. The maximum Gasteiger partial charge on any atom is 0.293 e. The number of phenolic OH excluding ortho intramolecular Hbond substituents is 1. The number of nitrogens with one attached hydrogen (secondary N) is 1. The van der Waals surface area contributed by atoms with Crippen LogP contribution in [0.5, 0.6) is 5.75 Å². The van der Waals surface area contributed by atoms with E-state index in [2.05, 4.69) is 5.32 Å². The number of aromatic hydroxyl groups is 1. The molecular weight excluding hydrogens is 395 g/mol. The lowest BCUT2D eigenvalue weighted by atomic mass is 10.1. The summed E-state index contributed by atoms with van der Waals surface area (Å²) in [7, 11) is 0. The molecule has 0 atom stereocenters. The first-order valence-electron chi connectivity index (χ1n) is 8.98. The fourth-order valence-electron chi connectivity index (χ4n) is 2.74. The summed E-state index contributed by atoms with van der Waals surface area (Å²) in [5.74, 6) is -1.10. The van der Waals surface area contributed by atoms with E-state index in [0.29, 0.717) is 13.0 Å². The molecule has 0 saturated carbocycles. The van der Waals surface area contributed by atoms with Crippen molar-refractivity contribution < 1.29 is 23.9 Å². The molecule has 1 heterocycles. The van der Waals surface area contributed by atoms with E-state index < -0.39 is 17.0 Å². The maximum atomic E-state index is 13.8. The van der Waals surface area contributed by atoms with Gasteiger partial charge >= 0.3 is 0 Å². The van der Waals surface area contributed by atoms with Crippen LogP contribution in [0.25, 0.3) is 6.08 Å². The van der Waals surface area contributed by atoms with Crippen LogP contribution in [0.2, 0.25) is 0 Å². The molecule has 2 aromatic carbocycles. The molecule has 150 valence electrons. The van der Waals surface area contributed by atoms with Gasteiger partial charge in [-0.25, -0.2) is 4.39 Å². The smallest absolute Gasteiger partial charge is 0.293 e. The van der Waals surface area contributed by atoms with Crippen molar-refractivity contribution in [2.45, 2.75) is 12.8 Å². The molecule has 0 unspecified atom stereocenters. The predicted octanol–water partition coefficient (Wildman–Crippen LogP) is 3.32. The second-order valence-electron chi connectivity index (χ2n) is 6.37. The van der Waals surface area contributed by atoms with E-state index in [4.69, 9.17) is 0 Å². The van der Waals surface area contributed by atoms with Crippen molar-refractivity contribution in [3.05, 3.63) is 70.4 Å². The predicted molar refractivity (Wildman–Crippen MR) is 109 cm³/mol. The molecule has 0 radical (unpaired) electrons. The third-order valence-electron chi connectivity index (χ3n) is 4.30. The standard InChI is InChI=1S/C21H19FN2O4S/c22-17-4-2-1-3-15(17)13-18-20(27)24(21(28)29-18)12-10-19(26)23-11-9-14-5-7-16(25)8-6-14/h1-8,13,25H,9-12H2,(H,23,26)/b18-13-. The van der Waals surface area contributed by atoms with Gasteiger partial charge < -0.3 is 10.4 Å². The molecule has 0 aliphatic carbocycles. The van der Waals surface area contributed by atoms with Crippen LogP contribution in [0.3, 0.4) is 0 Å². The van der Waals surface area contributed by atoms with E-state index in [9.17, 15) is 23.9 Å². The minimum absolute atomic E-state index is 0.0133. The molecule has 29 heavy (non-hydrogen) atoms. The lowest BCUT2D eigenvalue weighted by Crippen LogP contribution is -2.34. The summed E-state index contributed by atoms with van der Waals surface area (Å²) in [5.41, 5.74) is 1.19. The highest BCUT2D eigenvalue weighted by Gasteiger charge is 2.35. The number of phenols is 1. The van der Waals surface area contributed by atoms with Gasteiger partial charge in [0, 0.05) is 25.1 Å². The van der Waals surface area contributed by atoms with Crippen LogP contribution in [0.4, 0.5) is 9.18 Å². The highest BCUT2D eigenvalue weighted by atomic mass is 32.2. The molecule has 8 heteroatoms. The van der Waals surface area contributed by atoms with Gasteiger partial charge in [0.1, 0.15) is 11.6 Å². The van der Waals surface area contributed by atoms with Crippen molar-refractivity contribution in [3.8, 4) is 5.75 Å². The van der Waals surface area contributed by atoms with Crippen molar-refractivity contribution in [1.29, 1.82) is 0 Å². The SMILES string of the molecule is O=C(CCN1C(=O)S/C(=C\c2ccccc2F)C1=O)NCCc1ccc(O)cc1. The molecule has 6 nitrogen and oxygen atoms in total. The third-order valence-corrected chi connectivity index (χ3v) is 5.21. The average Bonchev–Trinajstić information content (AvgIpc) is 2.96. The van der Waals surface area contributed by atoms with Gasteiger partial charge in [0.25, 0.3) is 11.1 Å². The molecule has 3 rings (SSSR count). The Balaban J connectivity index is 1.49. The number of hydrogen-bond acceptors (Lipinski definition) is 5. The molecule has 1 aliphatic heterocycles. The zero-order valence-corrected chi connectivity index (χ0v) is 16.2. The average molecular weight is 414 g/mol. The van der Waals surface area contributed by atoms with Crippen molar-refractivity contribution in [2.24, 2.45) is 0 Å². The second kappa shape index (κ2) is 9.38. The van der Waals surface area contributed by atoms with E-state index in [1.54, 1.807) is 36.4 Å². The number of hydrogen-bond donors (Lipinski definition) is 2. The summed E-state index contributed by atoms with van der Waals surface area (Å²) in [6, 6.07) is 12.7. The molecule has 0 aromatic heterocycles. The first-order chi connectivity index (χ1) is 13.9. The molecule has 0 spiro atoms. The lowest BCUT2D eigenvalue weighted by Gasteiger charge is -2.12. The third kappa shape index (κ3) is 5.45. The second-order valence-corrected chi connectivity index (χ2v) is 7.36. The van der Waals surface area contributed by atoms with Crippen molar-refractivity contribution in [3.63, 3.8) is 0 Å². The topological polar surface area (TPSA) is 86.7 Å². The van der Waals surface area contributed by atoms with Gasteiger partial charge in [-0.05, 0) is 48.0 Å². The minimum atomic E-state index is -0.528. The summed E-state index contributed by atoms with van der Waals surface area (Å²) in [6.07, 6.45) is 1.93. The fraction of sp³-hybridized carbons (Fsp3) is 0.190. The Morgan fingerprint density at radius 3 is 2.59 bits per heavy atom. The summed E-state index contributed by atoms with van der Waals surface area (Å²) >= 11 is 0.733. The number of carbonyl (C=O) groups is 3. The first kappa shape index (κ1) is 20.6. The zero-order chi connectivity index (χ0) is 20.8. The Bertz CT molecular complexity index is 959. The molecule has 2 aromatic rings. The maximum absolute atomic E-state index is 13.8. The van der Waals surface area contributed by atoms with Crippen molar-refractivity contribution in [1.82, 2.24) is 10.2 Å². The Hall–Kier alpha value is -3.13.